The molecule has 0 saturated heterocycles. The van der Waals surface area contributed by atoms with Crippen LogP contribution < -0.4 is 5.32 Å². The van der Waals surface area contributed by atoms with E-state index in [0.29, 0.717) is 21.7 Å². The lowest BCUT2D eigenvalue weighted by Crippen LogP contribution is -2.15. The van der Waals surface area contributed by atoms with E-state index in [-0.39, 0.29) is 6.10 Å². The van der Waals surface area contributed by atoms with Crippen molar-refractivity contribution in [3.05, 3.63) is 83.0 Å². The number of nitrogens with one attached hydrogen (secondary N) is 1. The van der Waals surface area contributed by atoms with Crippen LogP contribution in [0.15, 0.2) is 66.1 Å². The van der Waals surface area contributed by atoms with E-state index in [1.54, 1.807) is 32.0 Å². The van der Waals surface area contributed by atoms with Gasteiger partial charge in [0.1, 0.15) is 16.4 Å². The van der Waals surface area contributed by atoms with Gasteiger partial charge in [-0.05, 0) is 31.6 Å². The maximum absolute atomic E-state index is 13.7. The molecule has 0 bridgehead atoms. The highest BCUT2D eigenvalue weighted by Crippen LogP contribution is 2.36. The molecular formula is C23H20FNO3S. The minimum Gasteiger partial charge on any atom is -0.459 e. The van der Waals surface area contributed by atoms with Crippen LogP contribution in [0.5, 0.6) is 0 Å². The van der Waals surface area contributed by atoms with Crippen LogP contribution in [-0.2, 0) is 9.53 Å². The van der Waals surface area contributed by atoms with Gasteiger partial charge >= 0.3 is 5.97 Å². The Bertz CT molecular complexity index is 1040. The number of ether oxygens (including phenoxy) is 1. The van der Waals surface area contributed by atoms with Crippen LogP contribution in [0.3, 0.4) is 0 Å². The number of anilines is 1. The Balaban J connectivity index is 1.88. The molecule has 0 fully saturated rings. The molecule has 0 aliphatic rings. The molecule has 0 atom stereocenters. The van der Waals surface area contributed by atoms with E-state index in [1.807, 2.05) is 35.7 Å². The van der Waals surface area contributed by atoms with E-state index in [1.165, 1.54) is 29.6 Å². The van der Waals surface area contributed by atoms with Gasteiger partial charge in [0.2, 0.25) is 5.91 Å². The van der Waals surface area contributed by atoms with Gasteiger partial charge in [-0.15, -0.1) is 11.3 Å². The summed E-state index contributed by atoms with van der Waals surface area (Å²) in [4.78, 5) is 25.1. The molecule has 2 aromatic carbocycles. The fraction of sp³-hybridized carbons (Fsp3) is 0.130. The molecule has 4 nitrogen and oxygen atoms in total. The monoisotopic (exact) mass is 409 g/mol. The van der Waals surface area contributed by atoms with Crippen molar-refractivity contribution in [2.24, 2.45) is 0 Å². The number of rotatable bonds is 6. The lowest BCUT2D eigenvalue weighted by atomic mass is 10.0. The summed E-state index contributed by atoms with van der Waals surface area (Å²) in [5, 5.41) is 4.91. The lowest BCUT2D eigenvalue weighted by molar-refractivity contribution is -0.111. The first kappa shape index (κ1) is 20.5. The van der Waals surface area contributed by atoms with Crippen molar-refractivity contribution in [3.8, 4) is 11.1 Å². The zero-order chi connectivity index (χ0) is 20.8. The summed E-state index contributed by atoms with van der Waals surface area (Å²) in [6, 6.07) is 15.6. The Morgan fingerprint density at radius 3 is 2.45 bits per heavy atom. The number of esters is 1. The van der Waals surface area contributed by atoms with Crippen LogP contribution >= 0.6 is 11.3 Å². The Morgan fingerprint density at radius 1 is 1.07 bits per heavy atom. The molecule has 6 heteroatoms. The summed E-state index contributed by atoms with van der Waals surface area (Å²) in [7, 11) is 0. The van der Waals surface area contributed by atoms with Crippen molar-refractivity contribution in [2.45, 2.75) is 20.0 Å². The molecule has 3 rings (SSSR count). The smallest absolute Gasteiger partial charge is 0.342 e. The minimum absolute atomic E-state index is 0.296. The van der Waals surface area contributed by atoms with Crippen LogP contribution in [0.1, 0.15) is 29.8 Å². The van der Waals surface area contributed by atoms with E-state index >= 15 is 0 Å². The van der Waals surface area contributed by atoms with Crippen LogP contribution in [0.25, 0.3) is 17.2 Å². The van der Waals surface area contributed by atoms with Gasteiger partial charge in [-0.25, -0.2) is 9.18 Å². The third kappa shape index (κ3) is 5.18. The predicted molar refractivity (Wildman–Crippen MR) is 114 cm³/mol. The van der Waals surface area contributed by atoms with Gasteiger partial charge in [-0.3, -0.25) is 4.79 Å². The molecule has 29 heavy (non-hydrogen) atoms. The number of amides is 1. The Morgan fingerprint density at radius 2 is 1.76 bits per heavy atom. The quantitative estimate of drug-likeness (QED) is 0.415. The van der Waals surface area contributed by atoms with Gasteiger partial charge in [-0.2, -0.15) is 0 Å². The predicted octanol–water partition coefficient (Wildman–Crippen LogP) is 5.77. The second kappa shape index (κ2) is 9.30. The molecule has 0 unspecified atom stereocenters. The first-order valence-corrected chi connectivity index (χ1v) is 9.95. The van der Waals surface area contributed by atoms with Crippen LogP contribution in [-0.4, -0.2) is 18.0 Å². The molecule has 148 valence electrons. The highest BCUT2D eigenvalue weighted by molar-refractivity contribution is 7.15. The molecule has 0 aliphatic carbocycles. The van der Waals surface area contributed by atoms with Crippen molar-refractivity contribution in [3.63, 3.8) is 0 Å². The largest absolute Gasteiger partial charge is 0.459 e. The summed E-state index contributed by atoms with van der Waals surface area (Å²) in [6.45, 7) is 3.53. The maximum atomic E-state index is 13.7. The molecule has 1 heterocycles. The summed E-state index contributed by atoms with van der Waals surface area (Å²) in [5.74, 6) is -1.39. The molecular weight excluding hydrogens is 389 g/mol. The number of thiophene rings is 1. The van der Waals surface area contributed by atoms with E-state index in [9.17, 15) is 14.0 Å². The zero-order valence-electron chi connectivity index (χ0n) is 16.0. The summed E-state index contributed by atoms with van der Waals surface area (Å²) in [6.07, 6.45) is 2.33. The Labute approximate surface area is 172 Å². The molecule has 0 saturated carbocycles. The fourth-order valence-electron chi connectivity index (χ4n) is 2.69. The van der Waals surface area contributed by atoms with Crippen molar-refractivity contribution in [1.82, 2.24) is 0 Å². The van der Waals surface area contributed by atoms with Gasteiger partial charge in [0, 0.05) is 22.6 Å². The van der Waals surface area contributed by atoms with Crippen LogP contribution in [0, 0.1) is 5.82 Å². The summed E-state index contributed by atoms with van der Waals surface area (Å²) < 4.78 is 19.1. The summed E-state index contributed by atoms with van der Waals surface area (Å²) >= 11 is 1.24. The Hall–Kier alpha value is -3.25. The average molecular weight is 409 g/mol. The van der Waals surface area contributed by atoms with Crippen molar-refractivity contribution >= 4 is 34.3 Å². The first-order chi connectivity index (χ1) is 14.0. The van der Waals surface area contributed by atoms with Gasteiger partial charge in [0.25, 0.3) is 0 Å². The topological polar surface area (TPSA) is 55.4 Å². The normalized spacial score (nSPS) is 11.0. The molecule has 0 spiro atoms. The Kier molecular flexibility index (Phi) is 6.57. The van der Waals surface area contributed by atoms with E-state index in [0.717, 1.165) is 5.56 Å². The first-order valence-electron chi connectivity index (χ1n) is 9.07. The second-order valence-corrected chi connectivity index (χ2v) is 7.40. The molecule has 0 aliphatic heterocycles. The number of hydrogen-bond acceptors (Lipinski definition) is 4. The van der Waals surface area contributed by atoms with Gasteiger partial charge in [-0.1, -0.05) is 48.5 Å². The number of benzene rings is 2. The van der Waals surface area contributed by atoms with Gasteiger partial charge < -0.3 is 10.1 Å². The molecule has 1 amide bonds. The van der Waals surface area contributed by atoms with E-state index < -0.39 is 17.7 Å². The second-order valence-electron chi connectivity index (χ2n) is 6.52. The molecule has 1 aromatic heterocycles. The molecule has 0 radical (unpaired) electrons. The van der Waals surface area contributed by atoms with Crippen molar-refractivity contribution in [2.75, 3.05) is 5.32 Å². The third-order valence-electron chi connectivity index (χ3n) is 3.98. The highest BCUT2D eigenvalue weighted by atomic mass is 32.1. The van der Waals surface area contributed by atoms with E-state index in [4.69, 9.17) is 4.74 Å². The number of halogens is 1. The maximum Gasteiger partial charge on any atom is 0.342 e. The van der Waals surface area contributed by atoms with Gasteiger partial charge in [0.05, 0.1) is 6.10 Å². The minimum atomic E-state index is -0.506. The van der Waals surface area contributed by atoms with Crippen molar-refractivity contribution < 1.29 is 18.7 Å². The molecule has 1 N–H and O–H groups in total. The summed E-state index contributed by atoms with van der Waals surface area (Å²) in [5.41, 5.74) is 2.15. The third-order valence-corrected chi connectivity index (χ3v) is 4.87. The van der Waals surface area contributed by atoms with Crippen LogP contribution in [0.2, 0.25) is 0 Å². The zero-order valence-corrected chi connectivity index (χ0v) is 16.8. The number of carbonyl (C=O) groups excluding carboxylic acids is 2. The van der Waals surface area contributed by atoms with Crippen LogP contribution in [0.4, 0.5) is 9.39 Å². The number of carbonyl (C=O) groups is 2. The van der Waals surface area contributed by atoms with Crippen molar-refractivity contribution in [1.29, 1.82) is 0 Å². The standard InChI is InChI=1S/C23H20FNO3S/c1-15(2)28-23(27)21-18(16-8-4-3-5-9-16)14-29-22(21)25-20(26)13-12-17-10-6-7-11-19(17)24/h3-15H,1-2H3,(H,25,26). The lowest BCUT2D eigenvalue weighted by Gasteiger charge is -2.11. The average Bonchev–Trinajstić information content (AvgIpc) is 3.11. The fourth-order valence-corrected chi connectivity index (χ4v) is 3.65. The highest BCUT2D eigenvalue weighted by Gasteiger charge is 2.23. The number of hydrogen-bond donors (Lipinski definition) is 1. The van der Waals surface area contributed by atoms with E-state index in [2.05, 4.69) is 5.32 Å². The SMILES string of the molecule is CC(C)OC(=O)c1c(-c2ccccc2)csc1NC(=O)C=Cc1ccccc1F. The molecule has 3 aromatic rings. The van der Waals surface area contributed by atoms with Gasteiger partial charge in [0.15, 0.2) is 0 Å².